The van der Waals surface area contributed by atoms with Crippen LogP contribution in [-0.4, -0.2) is 45.6 Å². The zero-order valence-electron chi connectivity index (χ0n) is 13.5. The minimum Gasteiger partial charge on any atom is -0.494 e. The van der Waals surface area contributed by atoms with Crippen molar-refractivity contribution in [1.82, 2.24) is 4.31 Å². The molecule has 1 aromatic rings. The van der Waals surface area contributed by atoms with Crippen molar-refractivity contribution < 1.29 is 17.9 Å². The van der Waals surface area contributed by atoms with Crippen LogP contribution in [0.4, 0.5) is 0 Å². The smallest absolute Gasteiger partial charge is 0.243 e. The van der Waals surface area contributed by atoms with E-state index < -0.39 is 10.0 Å². The summed E-state index contributed by atoms with van der Waals surface area (Å²) in [6, 6.07) is 5.18. The topological polar surface area (TPSA) is 55.8 Å². The van der Waals surface area contributed by atoms with Crippen molar-refractivity contribution >= 4 is 10.0 Å². The molecule has 124 valence electrons. The molecule has 0 N–H and O–H groups in total. The molecule has 1 atom stereocenters. The van der Waals surface area contributed by atoms with E-state index >= 15 is 0 Å². The van der Waals surface area contributed by atoms with E-state index in [1.807, 2.05) is 6.92 Å². The third-order valence-electron chi connectivity index (χ3n) is 4.03. The molecule has 1 fully saturated rings. The van der Waals surface area contributed by atoms with Crippen LogP contribution in [0, 0.1) is 0 Å². The van der Waals surface area contributed by atoms with E-state index in [0.29, 0.717) is 37.8 Å². The summed E-state index contributed by atoms with van der Waals surface area (Å²) in [5.41, 5.74) is 0.957. The molecule has 1 aliphatic rings. The van der Waals surface area contributed by atoms with Gasteiger partial charge in [0.15, 0.2) is 0 Å². The molecule has 1 aromatic carbocycles. The second kappa shape index (κ2) is 7.44. The summed E-state index contributed by atoms with van der Waals surface area (Å²) in [5.74, 6) is 1.03. The van der Waals surface area contributed by atoms with Gasteiger partial charge in [-0.15, -0.1) is 0 Å². The van der Waals surface area contributed by atoms with Crippen LogP contribution in [0.2, 0.25) is 0 Å². The predicted molar refractivity (Wildman–Crippen MR) is 85.9 cm³/mol. The lowest BCUT2D eigenvalue weighted by atomic mass is 9.98. The van der Waals surface area contributed by atoms with Crippen LogP contribution >= 0.6 is 0 Å². The zero-order chi connectivity index (χ0) is 16.2. The van der Waals surface area contributed by atoms with Gasteiger partial charge in [-0.2, -0.15) is 4.31 Å². The van der Waals surface area contributed by atoms with Crippen LogP contribution < -0.4 is 4.74 Å². The molecular weight excluding hydrogens is 302 g/mol. The normalized spacial score (nSPS) is 18.1. The second-order valence-corrected chi connectivity index (χ2v) is 7.40. The van der Waals surface area contributed by atoms with Gasteiger partial charge in [0.1, 0.15) is 5.75 Å². The summed E-state index contributed by atoms with van der Waals surface area (Å²) in [5, 5.41) is 0. The number of benzene rings is 1. The van der Waals surface area contributed by atoms with Crippen LogP contribution in [0.5, 0.6) is 5.75 Å². The van der Waals surface area contributed by atoms with Gasteiger partial charge in [0.2, 0.25) is 10.0 Å². The summed E-state index contributed by atoms with van der Waals surface area (Å²) in [4.78, 5) is 0.341. The molecule has 6 heteroatoms. The largest absolute Gasteiger partial charge is 0.494 e. The summed E-state index contributed by atoms with van der Waals surface area (Å²) in [7, 11) is -3.46. The lowest BCUT2D eigenvalue weighted by molar-refractivity contribution is 0.0730. The Bertz CT molecular complexity index is 594. The Kier molecular flexibility index (Phi) is 5.83. The predicted octanol–water partition coefficient (Wildman–Crippen LogP) is 2.62. The van der Waals surface area contributed by atoms with E-state index in [1.54, 1.807) is 18.2 Å². The third kappa shape index (κ3) is 3.62. The molecule has 2 rings (SSSR count). The van der Waals surface area contributed by atoms with Crippen molar-refractivity contribution in [2.75, 3.05) is 32.9 Å². The molecule has 0 aromatic heterocycles. The maximum absolute atomic E-state index is 12.7. The molecule has 5 nitrogen and oxygen atoms in total. The van der Waals surface area contributed by atoms with E-state index in [2.05, 4.69) is 13.8 Å². The molecular formula is C16H25NO4S. The van der Waals surface area contributed by atoms with Crippen LogP contribution in [0.25, 0.3) is 0 Å². The summed E-state index contributed by atoms with van der Waals surface area (Å²) in [6.07, 6.45) is 0.932. The molecule has 0 bridgehead atoms. The summed E-state index contributed by atoms with van der Waals surface area (Å²) in [6.45, 7) is 8.40. The van der Waals surface area contributed by atoms with E-state index in [9.17, 15) is 8.42 Å². The standard InChI is InChI=1S/C16H25NO4S/c1-4-13(3)15-12-14(6-7-16(15)21-5-2)22(18,19)17-8-10-20-11-9-17/h6-7,12-13H,4-5,8-11H2,1-3H3. The lowest BCUT2D eigenvalue weighted by Crippen LogP contribution is -2.40. The molecule has 0 amide bonds. The number of ether oxygens (including phenoxy) is 2. The van der Waals surface area contributed by atoms with Gasteiger partial charge in [-0.3, -0.25) is 0 Å². The number of morpholine rings is 1. The first kappa shape index (κ1) is 17.2. The Labute approximate surface area is 133 Å². The van der Waals surface area contributed by atoms with Gasteiger partial charge in [0.05, 0.1) is 24.7 Å². The molecule has 1 saturated heterocycles. The number of hydrogen-bond acceptors (Lipinski definition) is 4. The van der Waals surface area contributed by atoms with Crippen molar-refractivity contribution in [1.29, 1.82) is 0 Å². The van der Waals surface area contributed by atoms with Crippen molar-refractivity contribution in [2.24, 2.45) is 0 Å². The van der Waals surface area contributed by atoms with Crippen LogP contribution in [0.1, 0.15) is 38.7 Å². The first-order valence-electron chi connectivity index (χ1n) is 7.85. The van der Waals surface area contributed by atoms with Gasteiger partial charge in [-0.1, -0.05) is 13.8 Å². The molecule has 1 heterocycles. The molecule has 1 unspecified atom stereocenters. The average molecular weight is 327 g/mol. The van der Waals surface area contributed by atoms with Crippen molar-refractivity contribution in [3.63, 3.8) is 0 Å². The van der Waals surface area contributed by atoms with Gasteiger partial charge >= 0.3 is 0 Å². The first-order chi connectivity index (χ1) is 10.5. The summed E-state index contributed by atoms with van der Waals surface area (Å²) < 4.78 is 37.9. The highest BCUT2D eigenvalue weighted by molar-refractivity contribution is 7.89. The van der Waals surface area contributed by atoms with E-state index in [0.717, 1.165) is 17.7 Å². The zero-order valence-corrected chi connectivity index (χ0v) is 14.4. The Morgan fingerprint density at radius 2 is 1.95 bits per heavy atom. The highest BCUT2D eigenvalue weighted by Crippen LogP contribution is 2.32. The minimum atomic E-state index is -3.46. The Morgan fingerprint density at radius 1 is 1.27 bits per heavy atom. The number of nitrogens with zero attached hydrogens (tertiary/aromatic N) is 1. The Hall–Kier alpha value is -1.11. The molecule has 0 saturated carbocycles. The Balaban J connectivity index is 2.38. The highest BCUT2D eigenvalue weighted by atomic mass is 32.2. The van der Waals surface area contributed by atoms with Crippen molar-refractivity contribution in [3.8, 4) is 5.75 Å². The first-order valence-corrected chi connectivity index (χ1v) is 9.29. The average Bonchev–Trinajstić information content (AvgIpc) is 2.55. The maximum Gasteiger partial charge on any atom is 0.243 e. The van der Waals surface area contributed by atoms with Crippen LogP contribution in [0.3, 0.4) is 0 Å². The molecule has 0 radical (unpaired) electrons. The molecule has 22 heavy (non-hydrogen) atoms. The van der Waals surface area contributed by atoms with E-state index in [4.69, 9.17) is 9.47 Å². The van der Waals surface area contributed by atoms with E-state index in [1.165, 1.54) is 4.31 Å². The highest BCUT2D eigenvalue weighted by Gasteiger charge is 2.27. The van der Waals surface area contributed by atoms with Gasteiger partial charge in [0, 0.05) is 13.1 Å². The van der Waals surface area contributed by atoms with E-state index in [-0.39, 0.29) is 5.92 Å². The van der Waals surface area contributed by atoms with Crippen molar-refractivity contribution in [3.05, 3.63) is 23.8 Å². The van der Waals surface area contributed by atoms with Gasteiger partial charge in [0.25, 0.3) is 0 Å². The lowest BCUT2D eigenvalue weighted by Gasteiger charge is -2.26. The van der Waals surface area contributed by atoms with Gasteiger partial charge < -0.3 is 9.47 Å². The fourth-order valence-electron chi connectivity index (χ4n) is 2.52. The number of hydrogen-bond donors (Lipinski definition) is 0. The molecule has 0 spiro atoms. The second-order valence-electron chi connectivity index (χ2n) is 5.46. The third-order valence-corrected chi connectivity index (χ3v) is 5.93. The number of rotatable bonds is 6. The minimum absolute atomic E-state index is 0.251. The maximum atomic E-state index is 12.7. The quantitative estimate of drug-likeness (QED) is 0.806. The number of sulfonamides is 1. The van der Waals surface area contributed by atoms with Crippen molar-refractivity contribution in [2.45, 2.75) is 38.0 Å². The van der Waals surface area contributed by atoms with Gasteiger partial charge in [-0.25, -0.2) is 8.42 Å². The fourth-order valence-corrected chi connectivity index (χ4v) is 3.96. The van der Waals surface area contributed by atoms with Crippen LogP contribution in [-0.2, 0) is 14.8 Å². The monoisotopic (exact) mass is 327 g/mol. The molecule has 0 aliphatic carbocycles. The summed E-state index contributed by atoms with van der Waals surface area (Å²) >= 11 is 0. The van der Waals surface area contributed by atoms with Crippen LogP contribution in [0.15, 0.2) is 23.1 Å². The fraction of sp³-hybridized carbons (Fsp3) is 0.625. The van der Waals surface area contributed by atoms with Gasteiger partial charge in [-0.05, 0) is 43.0 Å². The molecule has 1 aliphatic heterocycles. The Morgan fingerprint density at radius 3 is 2.55 bits per heavy atom. The SMILES string of the molecule is CCOc1ccc(S(=O)(=O)N2CCOCC2)cc1C(C)CC.